The number of sulfonamides is 1. The van der Waals surface area contributed by atoms with Crippen LogP contribution >= 0.6 is 0 Å². The molecule has 2 N–H and O–H groups in total. The van der Waals surface area contributed by atoms with Crippen molar-refractivity contribution in [2.45, 2.75) is 6.42 Å². The lowest BCUT2D eigenvalue weighted by molar-refractivity contribution is 0.122. The van der Waals surface area contributed by atoms with Crippen molar-refractivity contribution >= 4 is 27.3 Å². The highest BCUT2D eigenvalue weighted by Crippen LogP contribution is 2.25. The van der Waals surface area contributed by atoms with E-state index in [1.54, 1.807) is 30.6 Å². The van der Waals surface area contributed by atoms with Crippen LogP contribution in [0.4, 0.5) is 17.3 Å². The SMILES string of the molecule is CS(=O)(=O)Nc1cccc(-c2nc(NCCc3ccncc3)cc(N3CCOCC3)n2)c1. The molecule has 2 aromatic heterocycles. The summed E-state index contributed by atoms with van der Waals surface area (Å²) in [5, 5.41) is 3.39. The first-order valence-electron chi connectivity index (χ1n) is 10.4. The van der Waals surface area contributed by atoms with Crippen LogP contribution in [0.5, 0.6) is 0 Å². The maximum absolute atomic E-state index is 11.6. The molecule has 0 saturated carbocycles. The monoisotopic (exact) mass is 454 g/mol. The minimum Gasteiger partial charge on any atom is -0.378 e. The van der Waals surface area contributed by atoms with E-state index in [1.165, 1.54) is 5.56 Å². The van der Waals surface area contributed by atoms with Gasteiger partial charge in [-0.3, -0.25) is 9.71 Å². The molecule has 1 aliphatic rings. The maximum atomic E-state index is 11.6. The van der Waals surface area contributed by atoms with Gasteiger partial charge in [0, 0.05) is 49.3 Å². The standard InChI is InChI=1S/C22H26N6O3S/c1-32(29,30)27-19-4-2-3-18(15-19)22-25-20(24-10-7-17-5-8-23-9-6-17)16-21(26-22)28-11-13-31-14-12-28/h2-6,8-9,15-16,27H,7,10-14H2,1H3,(H,24,25,26). The summed E-state index contributed by atoms with van der Waals surface area (Å²) in [6.07, 6.45) is 5.53. The first kappa shape index (κ1) is 22.0. The van der Waals surface area contributed by atoms with Crippen LogP contribution in [0.15, 0.2) is 54.9 Å². The highest BCUT2D eigenvalue weighted by atomic mass is 32.2. The summed E-state index contributed by atoms with van der Waals surface area (Å²) >= 11 is 0. The van der Waals surface area contributed by atoms with Crippen LogP contribution in [-0.4, -0.2) is 62.5 Å². The molecule has 1 fully saturated rings. The lowest BCUT2D eigenvalue weighted by Crippen LogP contribution is -2.36. The third-order valence-corrected chi connectivity index (χ3v) is 5.55. The molecule has 1 aliphatic heterocycles. The molecule has 0 aliphatic carbocycles. The van der Waals surface area contributed by atoms with Crippen molar-refractivity contribution in [3.8, 4) is 11.4 Å². The number of nitrogens with one attached hydrogen (secondary N) is 2. The topological polar surface area (TPSA) is 109 Å². The molecule has 0 atom stereocenters. The average molecular weight is 455 g/mol. The second kappa shape index (κ2) is 9.92. The van der Waals surface area contributed by atoms with E-state index in [0.717, 1.165) is 37.1 Å². The number of morpholine rings is 1. The van der Waals surface area contributed by atoms with Crippen molar-refractivity contribution in [3.63, 3.8) is 0 Å². The molecule has 4 rings (SSSR count). The van der Waals surface area contributed by atoms with Gasteiger partial charge in [-0.1, -0.05) is 12.1 Å². The van der Waals surface area contributed by atoms with Crippen molar-refractivity contribution in [2.24, 2.45) is 0 Å². The predicted molar refractivity (Wildman–Crippen MR) is 125 cm³/mol. The fourth-order valence-electron chi connectivity index (χ4n) is 3.43. The maximum Gasteiger partial charge on any atom is 0.229 e. The zero-order valence-electron chi connectivity index (χ0n) is 17.9. The number of aromatic nitrogens is 3. The third kappa shape index (κ3) is 6.14. The molecule has 0 bridgehead atoms. The fourth-order valence-corrected chi connectivity index (χ4v) is 3.98. The molecule has 32 heavy (non-hydrogen) atoms. The van der Waals surface area contributed by atoms with Crippen LogP contribution in [0.3, 0.4) is 0 Å². The van der Waals surface area contributed by atoms with Gasteiger partial charge in [-0.15, -0.1) is 0 Å². The van der Waals surface area contributed by atoms with Gasteiger partial charge in [-0.2, -0.15) is 0 Å². The Labute approximate surface area is 187 Å². The number of hydrogen-bond donors (Lipinski definition) is 2. The Kier molecular flexibility index (Phi) is 6.81. The first-order chi connectivity index (χ1) is 15.5. The van der Waals surface area contributed by atoms with E-state index in [1.807, 2.05) is 24.3 Å². The van der Waals surface area contributed by atoms with Gasteiger partial charge in [0.2, 0.25) is 10.0 Å². The number of benzene rings is 1. The van der Waals surface area contributed by atoms with Gasteiger partial charge in [0.1, 0.15) is 11.6 Å². The lowest BCUT2D eigenvalue weighted by Gasteiger charge is -2.28. The molecule has 1 saturated heterocycles. The molecule has 0 unspecified atom stereocenters. The van der Waals surface area contributed by atoms with Crippen LogP contribution in [0.25, 0.3) is 11.4 Å². The van der Waals surface area contributed by atoms with Gasteiger partial charge < -0.3 is 15.0 Å². The van der Waals surface area contributed by atoms with Gasteiger partial charge >= 0.3 is 0 Å². The summed E-state index contributed by atoms with van der Waals surface area (Å²) < 4.78 is 31.2. The zero-order chi connectivity index (χ0) is 22.4. The second-order valence-corrected chi connectivity index (χ2v) is 9.27. The number of nitrogens with zero attached hydrogens (tertiary/aromatic N) is 4. The molecule has 3 heterocycles. The van der Waals surface area contributed by atoms with Crippen molar-refractivity contribution in [1.29, 1.82) is 0 Å². The van der Waals surface area contributed by atoms with Crippen LogP contribution in [0.1, 0.15) is 5.56 Å². The minimum atomic E-state index is -3.38. The average Bonchev–Trinajstić information content (AvgIpc) is 2.79. The van der Waals surface area contributed by atoms with Crippen LogP contribution in [0.2, 0.25) is 0 Å². The Bertz CT molecular complexity index is 1150. The lowest BCUT2D eigenvalue weighted by atomic mass is 10.2. The van der Waals surface area contributed by atoms with Crippen molar-refractivity contribution in [3.05, 3.63) is 60.4 Å². The Morgan fingerprint density at radius 2 is 1.84 bits per heavy atom. The van der Waals surface area contributed by atoms with Crippen LogP contribution in [-0.2, 0) is 21.2 Å². The normalized spacial score (nSPS) is 14.2. The summed E-state index contributed by atoms with van der Waals surface area (Å²) in [5.74, 6) is 2.05. The van der Waals surface area contributed by atoms with Gasteiger partial charge in [0.15, 0.2) is 5.82 Å². The molecule has 0 radical (unpaired) electrons. The summed E-state index contributed by atoms with van der Waals surface area (Å²) in [4.78, 5) is 15.7. The summed E-state index contributed by atoms with van der Waals surface area (Å²) in [7, 11) is -3.38. The number of pyridine rings is 1. The highest BCUT2D eigenvalue weighted by Gasteiger charge is 2.16. The molecule has 0 amide bonds. The Balaban J connectivity index is 1.60. The van der Waals surface area contributed by atoms with Gasteiger partial charge in [0.05, 0.1) is 19.5 Å². The highest BCUT2D eigenvalue weighted by molar-refractivity contribution is 7.92. The first-order valence-corrected chi connectivity index (χ1v) is 12.3. The van der Waals surface area contributed by atoms with Crippen molar-refractivity contribution < 1.29 is 13.2 Å². The molecule has 10 heteroatoms. The van der Waals surface area contributed by atoms with Gasteiger partial charge in [-0.25, -0.2) is 18.4 Å². The third-order valence-electron chi connectivity index (χ3n) is 4.94. The van der Waals surface area contributed by atoms with E-state index in [4.69, 9.17) is 14.7 Å². The molecule has 9 nitrogen and oxygen atoms in total. The summed E-state index contributed by atoms with van der Waals surface area (Å²) in [6.45, 7) is 3.51. The number of anilines is 3. The van der Waals surface area contributed by atoms with Crippen LogP contribution < -0.4 is 14.9 Å². The smallest absolute Gasteiger partial charge is 0.229 e. The summed E-state index contributed by atoms with van der Waals surface area (Å²) in [6, 6.07) is 13.0. The summed E-state index contributed by atoms with van der Waals surface area (Å²) in [5.41, 5.74) is 2.39. The Morgan fingerprint density at radius 1 is 1.06 bits per heavy atom. The zero-order valence-corrected chi connectivity index (χ0v) is 18.7. The molecule has 1 aromatic carbocycles. The predicted octanol–water partition coefficient (Wildman–Crippen LogP) is 2.40. The van der Waals surface area contributed by atoms with E-state index < -0.39 is 10.0 Å². The largest absolute Gasteiger partial charge is 0.378 e. The van der Waals surface area contributed by atoms with E-state index in [2.05, 4.69) is 19.9 Å². The van der Waals surface area contributed by atoms with E-state index >= 15 is 0 Å². The Morgan fingerprint density at radius 3 is 2.59 bits per heavy atom. The number of hydrogen-bond acceptors (Lipinski definition) is 8. The van der Waals surface area contributed by atoms with Crippen molar-refractivity contribution in [2.75, 3.05) is 54.0 Å². The van der Waals surface area contributed by atoms with Gasteiger partial charge in [0.25, 0.3) is 0 Å². The fraction of sp³-hybridized carbons (Fsp3) is 0.318. The quantitative estimate of drug-likeness (QED) is 0.534. The van der Waals surface area contributed by atoms with Crippen LogP contribution in [0, 0.1) is 0 Å². The number of ether oxygens (including phenoxy) is 1. The van der Waals surface area contributed by atoms with E-state index in [-0.39, 0.29) is 0 Å². The minimum absolute atomic E-state index is 0.470. The molecule has 3 aromatic rings. The molecular formula is C22H26N6O3S. The molecule has 0 spiro atoms. The van der Waals surface area contributed by atoms with E-state index in [9.17, 15) is 8.42 Å². The van der Waals surface area contributed by atoms with Crippen molar-refractivity contribution in [1.82, 2.24) is 15.0 Å². The second-order valence-electron chi connectivity index (χ2n) is 7.52. The molecular weight excluding hydrogens is 428 g/mol. The van der Waals surface area contributed by atoms with Gasteiger partial charge in [-0.05, 0) is 36.2 Å². The molecule has 168 valence electrons. The van der Waals surface area contributed by atoms with E-state index in [0.29, 0.717) is 37.1 Å². The Hall–Kier alpha value is -3.24. The number of rotatable bonds is 8.